The van der Waals surface area contributed by atoms with Gasteiger partial charge in [-0.15, -0.1) is 0 Å². The Morgan fingerprint density at radius 2 is 1.95 bits per heavy atom. The van der Waals surface area contributed by atoms with Crippen molar-refractivity contribution in [1.29, 1.82) is 0 Å². The average Bonchev–Trinajstić information content (AvgIpc) is 2.44. The summed E-state index contributed by atoms with van der Waals surface area (Å²) in [5.41, 5.74) is 3.92. The predicted octanol–water partition coefficient (Wildman–Crippen LogP) is 1.53. The Labute approximate surface area is 122 Å². The molecule has 0 amide bonds. The second kappa shape index (κ2) is 6.46. The third-order valence-corrected chi connectivity index (χ3v) is 5.13. The van der Waals surface area contributed by atoms with Gasteiger partial charge in [-0.1, -0.05) is 13.8 Å². The highest BCUT2D eigenvalue weighted by Gasteiger charge is 2.34. The number of nitrogens with zero attached hydrogens (tertiary/aromatic N) is 1. The summed E-state index contributed by atoms with van der Waals surface area (Å²) in [4.78, 5) is 9.41. The largest absolute Gasteiger partial charge is 0.329 e. The van der Waals surface area contributed by atoms with Crippen molar-refractivity contribution in [3.8, 4) is 0 Å². The lowest BCUT2D eigenvalue weighted by Crippen LogP contribution is -2.52. The molecule has 1 aromatic carbocycles. The molecule has 9 heteroatoms. The fourth-order valence-electron chi connectivity index (χ4n) is 1.93. The van der Waals surface area contributed by atoms with E-state index in [0.717, 1.165) is 12.1 Å². The van der Waals surface area contributed by atoms with E-state index in [0.29, 0.717) is 18.9 Å². The van der Waals surface area contributed by atoms with Crippen molar-refractivity contribution in [1.82, 2.24) is 4.72 Å². The molecule has 21 heavy (non-hydrogen) atoms. The van der Waals surface area contributed by atoms with Crippen LogP contribution in [0, 0.1) is 15.9 Å². The molecule has 118 valence electrons. The minimum absolute atomic E-state index is 0.0498. The Bertz CT molecular complexity index is 621. The van der Waals surface area contributed by atoms with E-state index < -0.39 is 36.9 Å². The van der Waals surface area contributed by atoms with Crippen molar-refractivity contribution < 1.29 is 17.7 Å². The molecule has 0 spiro atoms. The quantitative estimate of drug-likeness (QED) is 0.584. The lowest BCUT2D eigenvalue weighted by atomic mass is 9.95. The van der Waals surface area contributed by atoms with Gasteiger partial charge in [0.25, 0.3) is 5.69 Å². The lowest BCUT2D eigenvalue weighted by Gasteiger charge is -2.30. The summed E-state index contributed by atoms with van der Waals surface area (Å²) >= 11 is 0. The Hall–Kier alpha value is -1.58. The van der Waals surface area contributed by atoms with E-state index in [1.54, 1.807) is 13.8 Å². The van der Waals surface area contributed by atoms with Crippen molar-refractivity contribution in [2.75, 3.05) is 6.54 Å². The number of benzene rings is 1. The second-order valence-corrected chi connectivity index (χ2v) is 6.32. The summed E-state index contributed by atoms with van der Waals surface area (Å²) in [5, 5.41) is 10.9. The van der Waals surface area contributed by atoms with Crippen molar-refractivity contribution in [2.45, 2.75) is 37.1 Å². The number of sulfonamides is 1. The fraction of sp³-hybridized carbons (Fsp3) is 0.500. The third-order valence-electron chi connectivity index (χ3n) is 3.50. The normalized spacial score (nSPS) is 12.4. The van der Waals surface area contributed by atoms with Gasteiger partial charge in [0.2, 0.25) is 10.0 Å². The van der Waals surface area contributed by atoms with Gasteiger partial charge in [-0.05, 0) is 25.0 Å². The highest BCUT2D eigenvalue weighted by Crippen LogP contribution is 2.26. The lowest BCUT2D eigenvalue weighted by molar-refractivity contribution is -0.388. The number of nitrogens with two attached hydrogens (primary N) is 1. The molecule has 1 rings (SSSR count). The Morgan fingerprint density at radius 3 is 2.38 bits per heavy atom. The van der Waals surface area contributed by atoms with E-state index in [4.69, 9.17) is 5.73 Å². The van der Waals surface area contributed by atoms with Crippen LogP contribution in [0.25, 0.3) is 0 Å². The number of nitrogens with one attached hydrogen (secondary N) is 1. The number of nitro groups is 1. The number of nitro benzene ring substituents is 1. The summed E-state index contributed by atoms with van der Waals surface area (Å²) in [7, 11) is -4.18. The molecule has 0 saturated carbocycles. The van der Waals surface area contributed by atoms with E-state index in [1.165, 1.54) is 0 Å². The first-order valence-corrected chi connectivity index (χ1v) is 7.87. The van der Waals surface area contributed by atoms with Crippen molar-refractivity contribution in [2.24, 2.45) is 5.73 Å². The second-order valence-electron chi connectivity index (χ2n) is 4.67. The van der Waals surface area contributed by atoms with E-state index in [1.807, 2.05) is 0 Å². The maximum absolute atomic E-state index is 13.1. The molecule has 1 aromatic rings. The molecule has 0 saturated heterocycles. The van der Waals surface area contributed by atoms with Gasteiger partial charge in [0.05, 0.1) is 11.0 Å². The van der Waals surface area contributed by atoms with Gasteiger partial charge in [0.15, 0.2) is 4.90 Å². The smallest absolute Gasteiger partial charge is 0.292 e. The molecular formula is C12H18FN3O4S. The molecule has 3 N–H and O–H groups in total. The van der Waals surface area contributed by atoms with Gasteiger partial charge in [-0.2, -0.15) is 0 Å². The maximum Gasteiger partial charge on any atom is 0.292 e. The predicted molar refractivity (Wildman–Crippen MR) is 75.7 cm³/mol. The molecule has 0 heterocycles. The topological polar surface area (TPSA) is 115 Å². The zero-order valence-electron chi connectivity index (χ0n) is 11.8. The molecule has 0 bridgehead atoms. The van der Waals surface area contributed by atoms with Crippen molar-refractivity contribution in [3.05, 3.63) is 34.1 Å². The Morgan fingerprint density at radius 1 is 1.38 bits per heavy atom. The van der Waals surface area contributed by atoms with Crippen LogP contribution < -0.4 is 10.5 Å². The van der Waals surface area contributed by atoms with E-state index in [-0.39, 0.29) is 6.54 Å². The van der Waals surface area contributed by atoms with Crippen molar-refractivity contribution >= 4 is 15.7 Å². The molecule has 0 aromatic heterocycles. The summed E-state index contributed by atoms with van der Waals surface area (Å²) in [6, 6.07) is 2.32. The van der Waals surface area contributed by atoms with Gasteiger partial charge < -0.3 is 5.73 Å². The first kappa shape index (κ1) is 17.5. The SMILES string of the molecule is CCC(CC)(CN)NS(=O)(=O)c1ccc(F)cc1[N+](=O)[O-]. The van der Waals surface area contributed by atoms with Gasteiger partial charge in [-0.25, -0.2) is 17.5 Å². The van der Waals surface area contributed by atoms with Crippen LogP contribution in [0.15, 0.2) is 23.1 Å². The molecule has 0 aliphatic heterocycles. The molecule has 0 radical (unpaired) electrons. The first-order valence-electron chi connectivity index (χ1n) is 6.39. The molecule has 0 fully saturated rings. The standard InChI is InChI=1S/C12H18FN3O4S/c1-3-12(4-2,8-14)15-21(19,20)11-6-5-9(13)7-10(11)16(17)18/h5-7,15H,3-4,8,14H2,1-2H3. The molecule has 0 unspecified atom stereocenters. The summed E-state index contributed by atoms with van der Waals surface area (Å²) < 4.78 is 40.2. The van der Waals surface area contributed by atoms with E-state index in [2.05, 4.69) is 4.72 Å². The fourth-order valence-corrected chi connectivity index (χ4v) is 3.63. The zero-order chi connectivity index (χ0) is 16.3. The van der Waals surface area contributed by atoms with Gasteiger partial charge in [-0.3, -0.25) is 10.1 Å². The first-order chi connectivity index (χ1) is 9.71. The minimum atomic E-state index is -4.18. The zero-order valence-corrected chi connectivity index (χ0v) is 12.6. The van der Waals surface area contributed by atoms with Crippen LogP contribution in [0.2, 0.25) is 0 Å². The minimum Gasteiger partial charge on any atom is -0.329 e. The molecule has 0 atom stereocenters. The van der Waals surface area contributed by atoms with E-state index >= 15 is 0 Å². The maximum atomic E-state index is 13.1. The number of halogens is 1. The molecule has 0 aliphatic carbocycles. The Balaban J connectivity index is 3.35. The van der Waals surface area contributed by atoms with Gasteiger partial charge in [0, 0.05) is 12.1 Å². The summed E-state index contributed by atoms with van der Waals surface area (Å²) in [6.45, 7) is 3.57. The number of hydrogen-bond acceptors (Lipinski definition) is 5. The molecule has 0 aliphatic rings. The highest BCUT2D eigenvalue weighted by atomic mass is 32.2. The molecular weight excluding hydrogens is 301 g/mol. The van der Waals surface area contributed by atoms with Crippen LogP contribution >= 0.6 is 0 Å². The van der Waals surface area contributed by atoms with Crippen LogP contribution in [-0.2, 0) is 10.0 Å². The summed E-state index contributed by atoms with van der Waals surface area (Å²) in [5.74, 6) is -0.878. The van der Waals surface area contributed by atoms with Crippen molar-refractivity contribution in [3.63, 3.8) is 0 Å². The van der Waals surface area contributed by atoms with Crippen LogP contribution in [0.5, 0.6) is 0 Å². The van der Waals surface area contributed by atoms with Crippen LogP contribution in [0.4, 0.5) is 10.1 Å². The van der Waals surface area contributed by atoms with Gasteiger partial charge >= 0.3 is 0 Å². The van der Waals surface area contributed by atoms with Crippen LogP contribution in [-0.4, -0.2) is 25.4 Å². The van der Waals surface area contributed by atoms with Crippen LogP contribution in [0.3, 0.4) is 0 Å². The van der Waals surface area contributed by atoms with Gasteiger partial charge in [0.1, 0.15) is 5.82 Å². The highest BCUT2D eigenvalue weighted by molar-refractivity contribution is 7.89. The average molecular weight is 319 g/mol. The number of hydrogen-bond donors (Lipinski definition) is 2. The Kier molecular flexibility index (Phi) is 5.37. The monoisotopic (exact) mass is 319 g/mol. The summed E-state index contributed by atoms with van der Waals surface area (Å²) in [6.07, 6.45) is 0.850. The van der Waals surface area contributed by atoms with Crippen LogP contribution in [0.1, 0.15) is 26.7 Å². The number of rotatable bonds is 7. The molecule has 7 nitrogen and oxygen atoms in total. The van der Waals surface area contributed by atoms with E-state index in [9.17, 15) is 22.9 Å². The third kappa shape index (κ3) is 3.74.